The predicted octanol–water partition coefficient (Wildman–Crippen LogP) is 2.83. The van der Waals surface area contributed by atoms with Gasteiger partial charge in [0.25, 0.3) is 5.91 Å². The van der Waals surface area contributed by atoms with Gasteiger partial charge in [0.05, 0.1) is 17.0 Å². The Kier molecular flexibility index (Phi) is 4.94. The lowest BCUT2D eigenvalue weighted by Gasteiger charge is -2.07. The van der Waals surface area contributed by atoms with Crippen molar-refractivity contribution in [1.82, 2.24) is 5.32 Å². The average molecular weight is 311 g/mol. The minimum absolute atomic E-state index is 0.00159. The van der Waals surface area contributed by atoms with Gasteiger partial charge in [-0.25, -0.2) is 4.39 Å². The molecular formula is C14H12ClFN2O3. The quantitative estimate of drug-likeness (QED) is 0.892. The molecule has 2 N–H and O–H groups in total. The molecule has 0 atom stereocenters. The summed E-state index contributed by atoms with van der Waals surface area (Å²) >= 11 is 5.61. The Morgan fingerprint density at radius 3 is 2.76 bits per heavy atom. The summed E-state index contributed by atoms with van der Waals surface area (Å²) in [6.07, 6.45) is 1.38. The van der Waals surface area contributed by atoms with Crippen molar-refractivity contribution >= 4 is 29.1 Å². The summed E-state index contributed by atoms with van der Waals surface area (Å²) in [7, 11) is 0. The highest BCUT2D eigenvalue weighted by atomic mass is 35.5. The maximum atomic E-state index is 13.6. The Bertz CT molecular complexity index is 644. The van der Waals surface area contributed by atoms with Crippen LogP contribution in [0.25, 0.3) is 0 Å². The van der Waals surface area contributed by atoms with Crippen LogP contribution in [0.15, 0.2) is 41.0 Å². The van der Waals surface area contributed by atoms with Crippen LogP contribution in [0, 0.1) is 5.82 Å². The smallest absolute Gasteiger partial charge is 0.286 e. The van der Waals surface area contributed by atoms with E-state index in [-0.39, 0.29) is 29.4 Å². The number of furan rings is 1. The minimum atomic E-state index is -0.688. The van der Waals surface area contributed by atoms with Crippen molar-refractivity contribution in [2.45, 2.75) is 6.42 Å². The molecule has 1 aromatic heterocycles. The van der Waals surface area contributed by atoms with Gasteiger partial charge in [0.1, 0.15) is 0 Å². The molecule has 0 aliphatic carbocycles. The van der Waals surface area contributed by atoms with Crippen LogP contribution in [0.4, 0.5) is 10.1 Å². The molecular weight excluding hydrogens is 299 g/mol. The topological polar surface area (TPSA) is 71.3 Å². The lowest BCUT2D eigenvalue weighted by atomic mass is 10.3. The van der Waals surface area contributed by atoms with E-state index in [1.807, 2.05) is 0 Å². The van der Waals surface area contributed by atoms with Gasteiger partial charge >= 0.3 is 0 Å². The van der Waals surface area contributed by atoms with Crippen molar-refractivity contribution in [3.05, 3.63) is 53.2 Å². The van der Waals surface area contributed by atoms with Crippen LogP contribution in [0.1, 0.15) is 17.0 Å². The molecule has 0 saturated heterocycles. The van der Waals surface area contributed by atoms with E-state index in [1.54, 1.807) is 6.07 Å². The molecule has 0 fully saturated rings. The number of amides is 2. The highest BCUT2D eigenvalue weighted by molar-refractivity contribution is 6.31. The number of carbonyl (C=O) groups excluding carboxylic acids is 2. The third-order valence-corrected chi connectivity index (χ3v) is 2.90. The van der Waals surface area contributed by atoms with Crippen LogP contribution >= 0.6 is 11.6 Å². The van der Waals surface area contributed by atoms with Gasteiger partial charge in [-0.1, -0.05) is 17.7 Å². The average Bonchev–Trinajstić information content (AvgIpc) is 2.98. The first-order valence-electron chi connectivity index (χ1n) is 6.13. The first-order chi connectivity index (χ1) is 10.1. The monoisotopic (exact) mass is 310 g/mol. The molecule has 1 aromatic carbocycles. The Labute approximate surface area is 125 Å². The van der Waals surface area contributed by atoms with E-state index in [9.17, 15) is 14.0 Å². The number of benzene rings is 1. The SMILES string of the molecule is O=C(CCNC(=O)c1ccco1)Nc1cccc(Cl)c1F. The molecule has 110 valence electrons. The lowest BCUT2D eigenvalue weighted by molar-refractivity contribution is -0.116. The van der Waals surface area contributed by atoms with Gasteiger partial charge in [-0.05, 0) is 24.3 Å². The minimum Gasteiger partial charge on any atom is -0.459 e. The van der Waals surface area contributed by atoms with Crippen molar-refractivity contribution in [1.29, 1.82) is 0 Å². The van der Waals surface area contributed by atoms with Gasteiger partial charge in [0.15, 0.2) is 11.6 Å². The molecule has 0 aliphatic rings. The Balaban J connectivity index is 1.80. The van der Waals surface area contributed by atoms with Gasteiger partial charge in [-0.3, -0.25) is 9.59 Å². The number of carbonyl (C=O) groups is 2. The van der Waals surface area contributed by atoms with Crippen LogP contribution in [0.3, 0.4) is 0 Å². The molecule has 5 nitrogen and oxygen atoms in total. The largest absolute Gasteiger partial charge is 0.459 e. The Morgan fingerprint density at radius 2 is 2.05 bits per heavy atom. The van der Waals surface area contributed by atoms with E-state index in [0.29, 0.717) is 0 Å². The number of hydrogen-bond acceptors (Lipinski definition) is 3. The van der Waals surface area contributed by atoms with Gasteiger partial charge in [0.2, 0.25) is 5.91 Å². The van der Waals surface area contributed by atoms with Crippen molar-refractivity contribution in [3.63, 3.8) is 0 Å². The zero-order valence-electron chi connectivity index (χ0n) is 10.9. The summed E-state index contributed by atoms with van der Waals surface area (Å²) in [6, 6.07) is 7.41. The molecule has 0 bridgehead atoms. The van der Waals surface area contributed by atoms with Crippen molar-refractivity contribution in [2.75, 3.05) is 11.9 Å². The van der Waals surface area contributed by atoms with Gasteiger partial charge in [0, 0.05) is 13.0 Å². The Hall–Kier alpha value is -2.34. The third kappa shape index (κ3) is 4.06. The first kappa shape index (κ1) is 15.1. The fraction of sp³-hybridized carbons (Fsp3) is 0.143. The molecule has 0 saturated carbocycles. The maximum absolute atomic E-state index is 13.6. The Morgan fingerprint density at radius 1 is 1.24 bits per heavy atom. The first-order valence-corrected chi connectivity index (χ1v) is 6.51. The second-order valence-corrected chi connectivity index (χ2v) is 4.54. The summed E-state index contributed by atoms with van der Waals surface area (Å²) < 4.78 is 18.5. The zero-order valence-corrected chi connectivity index (χ0v) is 11.6. The summed E-state index contributed by atoms with van der Waals surface area (Å²) in [4.78, 5) is 23.2. The number of rotatable bonds is 5. The highest BCUT2D eigenvalue weighted by Gasteiger charge is 2.11. The van der Waals surface area contributed by atoms with Crippen LogP contribution in [0.2, 0.25) is 5.02 Å². The molecule has 2 aromatic rings. The fourth-order valence-corrected chi connectivity index (χ4v) is 1.77. The summed E-state index contributed by atoms with van der Waals surface area (Å²) in [5, 5.41) is 4.83. The molecule has 2 rings (SSSR count). The van der Waals surface area contributed by atoms with Gasteiger partial charge in [-0.2, -0.15) is 0 Å². The molecule has 1 heterocycles. The number of hydrogen-bond donors (Lipinski definition) is 2. The third-order valence-electron chi connectivity index (χ3n) is 2.61. The van der Waals surface area contributed by atoms with E-state index < -0.39 is 17.6 Å². The lowest BCUT2D eigenvalue weighted by Crippen LogP contribution is -2.27. The van der Waals surface area contributed by atoms with Crippen molar-refractivity contribution < 1.29 is 18.4 Å². The summed E-state index contributed by atoms with van der Waals surface area (Å²) in [6.45, 7) is 0.105. The normalized spacial score (nSPS) is 10.2. The van der Waals surface area contributed by atoms with Gasteiger partial charge < -0.3 is 15.1 Å². The molecule has 0 spiro atoms. The zero-order chi connectivity index (χ0) is 15.2. The van der Waals surface area contributed by atoms with Crippen LogP contribution in [-0.4, -0.2) is 18.4 Å². The van der Waals surface area contributed by atoms with E-state index >= 15 is 0 Å². The second kappa shape index (κ2) is 6.90. The van der Waals surface area contributed by atoms with Gasteiger partial charge in [-0.15, -0.1) is 0 Å². The van der Waals surface area contributed by atoms with E-state index in [4.69, 9.17) is 16.0 Å². The molecule has 0 unspecified atom stereocenters. The van der Waals surface area contributed by atoms with Crippen LogP contribution in [0.5, 0.6) is 0 Å². The van der Waals surface area contributed by atoms with E-state index in [0.717, 1.165) is 0 Å². The summed E-state index contributed by atoms with van der Waals surface area (Å²) in [5.41, 5.74) is 0.00450. The molecule has 0 radical (unpaired) electrons. The standard InChI is InChI=1S/C14H12ClFN2O3/c15-9-3-1-4-10(13(9)16)18-12(19)6-7-17-14(20)11-5-2-8-21-11/h1-5,8H,6-7H2,(H,17,20)(H,18,19). The van der Waals surface area contributed by atoms with Crippen LogP contribution < -0.4 is 10.6 Å². The van der Waals surface area contributed by atoms with E-state index in [1.165, 1.54) is 30.5 Å². The highest BCUT2D eigenvalue weighted by Crippen LogP contribution is 2.21. The molecule has 21 heavy (non-hydrogen) atoms. The molecule has 2 amide bonds. The van der Waals surface area contributed by atoms with E-state index in [2.05, 4.69) is 10.6 Å². The number of nitrogens with one attached hydrogen (secondary N) is 2. The number of halogens is 2. The maximum Gasteiger partial charge on any atom is 0.286 e. The molecule has 0 aliphatic heterocycles. The fourth-order valence-electron chi connectivity index (χ4n) is 1.60. The second-order valence-electron chi connectivity index (χ2n) is 4.13. The van der Waals surface area contributed by atoms with Crippen molar-refractivity contribution in [3.8, 4) is 0 Å². The predicted molar refractivity (Wildman–Crippen MR) is 75.7 cm³/mol. The van der Waals surface area contributed by atoms with Crippen LogP contribution in [-0.2, 0) is 4.79 Å². The molecule has 7 heteroatoms. The number of anilines is 1. The summed E-state index contributed by atoms with van der Waals surface area (Å²) in [5.74, 6) is -1.37. The van der Waals surface area contributed by atoms with Crippen molar-refractivity contribution in [2.24, 2.45) is 0 Å².